The Kier molecular flexibility index (Phi) is 6.97. The number of rotatable bonds is 5. The van der Waals surface area contributed by atoms with Crippen LogP contribution in [0.1, 0.15) is 22.3 Å². The van der Waals surface area contributed by atoms with Crippen molar-refractivity contribution in [2.75, 3.05) is 0 Å². The molecule has 240 valence electrons. The van der Waals surface area contributed by atoms with Crippen molar-refractivity contribution in [2.24, 2.45) is 0 Å². The predicted octanol–water partition coefficient (Wildman–Crippen LogP) is 13.5. The molecule has 0 fully saturated rings. The monoisotopic (exact) mass is 668 g/mol. The van der Waals surface area contributed by atoms with Gasteiger partial charge >= 0.3 is 0 Å². The standard InChI is InChI=1S/C49H32OS/c1-3-16-34(17-4-1)49(35-18-5-2-6-19-35)43-27-12-13-28-45(43)50-46-32-33(30-31-44(46)49)36-20-7-8-21-37(36)38-22-9-10-23-39(38)41-25-15-26-42-40-24-11-14-29-47(40)51-48(41)42/h1-32H. The Morgan fingerprint density at radius 1 is 0.373 bits per heavy atom. The first-order valence-electron chi connectivity index (χ1n) is 17.4. The molecule has 1 aromatic heterocycles. The molecule has 0 aliphatic carbocycles. The minimum atomic E-state index is -0.541. The summed E-state index contributed by atoms with van der Waals surface area (Å²) < 4.78 is 9.49. The van der Waals surface area contributed by atoms with Gasteiger partial charge in [0.2, 0.25) is 0 Å². The van der Waals surface area contributed by atoms with Crippen LogP contribution in [0.15, 0.2) is 194 Å². The molecule has 0 N–H and O–H groups in total. The minimum Gasteiger partial charge on any atom is -0.457 e. The van der Waals surface area contributed by atoms with Crippen LogP contribution in [0.2, 0.25) is 0 Å². The molecule has 0 saturated heterocycles. The maximum atomic E-state index is 6.85. The Bertz CT molecular complexity index is 2680. The van der Waals surface area contributed by atoms with E-state index in [0.29, 0.717) is 0 Å². The average molecular weight is 669 g/mol. The predicted molar refractivity (Wildman–Crippen MR) is 214 cm³/mol. The van der Waals surface area contributed by atoms with Crippen LogP contribution in [0.4, 0.5) is 0 Å². The Morgan fingerprint density at radius 2 is 0.902 bits per heavy atom. The summed E-state index contributed by atoms with van der Waals surface area (Å²) in [6.45, 7) is 0. The molecule has 0 radical (unpaired) electrons. The fourth-order valence-corrected chi connectivity index (χ4v) is 9.49. The van der Waals surface area contributed by atoms with Crippen molar-refractivity contribution in [3.63, 3.8) is 0 Å². The highest BCUT2D eigenvalue weighted by atomic mass is 32.1. The summed E-state index contributed by atoms with van der Waals surface area (Å²) in [7, 11) is 0. The van der Waals surface area contributed by atoms with Gasteiger partial charge in [0.1, 0.15) is 11.5 Å². The van der Waals surface area contributed by atoms with Gasteiger partial charge in [0, 0.05) is 36.9 Å². The summed E-state index contributed by atoms with van der Waals surface area (Å²) in [6.07, 6.45) is 0. The van der Waals surface area contributed by atoms with Crippen molar-refractivity contribution >= 4 is 31.5 Å². The van der Waals surface area contributed by atoms with E-state index in [1.165, 1.54) is 59.1 Å². The molecule has 1 aliphatic heterocycles. The number of fused-ring (bicyclic) bond motifs is 5. The lowest BCUT2D eigenvalue weighted by Gasteiger charge is -2.41. The Morgan fingerprint density at radius 3 is 1.65 bits per heavy atom. The molecule has 9 aromatic rings. The molecular weight excluding hydrogens is 637 g/mol. The fraction of sp³-hybridized carbons (Fsp3) is 0.0204. The molecule has 1 nitrogen and oxygen atoms in total. The van der Waals surface area contributed by atoms with Crippen LogP contribution >= 0.6 is 11.3 Å². The lowest BCUT2D eigenvalue weighted by atomic mass is 9.63. The molecule has 8 aromatic carbocycles. The molecular formula is C49H32OS. The van der Waals surface area contributed by atoms with E-state index in [0.717, 1.165) is 28.2 Å². The maximum absolute atomic E-state index is 6.85. The zero-order valence-corrected chi connectivity index (χ0v) is 28.6. The van der Waals surface area contributed by atoms with E-state index in [1.54, 1.807) is 0 Å². The summed E-state index contributed by atoms with van der Waals surface area (Å²) in [5.41, 5.74) is 11.4. The lowest BCUT2D eigenvalue weighted by Crippen LogP contribution is -2.34. The second-order valence-electron chi connectivity index (χ2n) is 13.2. The quantitative estimate of drug-likeness (QED) is 0.177. The summed E-state index contributed by atoms with van der Waals surface area (Å²) in [5.74, 6) is 1.75. The smallest absolute Gasteiger partial charge is 0.132 e. The lowest BCUT2D eigenvalue weighted by molar-refractivity contribution is 0.435. The van der Waals surface area contributed by atoms with Crippen molar-refractivity contribution in [3.05, 3.63) is 216 Å². The summed E-state index contributed by atoms with van der Waals surface area (Å²) >= 11 is 1.88. The zero-order valence-electron chi connectivity index (χ0n) is 27.8. The van der Waals surface area contributed by atoms with Gasteiger partial charge in [0.15, 0.2) is 0 Å². The molecule has 0 saturated carbocycles. The molecule has 0 unspecified atom stereocenters. The third-order valence-electron chi connectivity index (χ3n) is 10.5. The van der Waals surface area contributed by atoms with Crippen LogP contribution in [-0.4, -0.2) is 0 Å². The van der Waals surface area contributed by atoms with Crippen LogP contribution in [0.3, 0.4) is 0 Å². The van der Waals surface area contributed by atoms with Crippen LogP contribution in [-0.2, 0) is 5.41 Å². The topological polar surface area (TPSA) is 9.23 Å². The normalized spacial score (nSPS) is 13.0. The van der Waals surface area contributed by atoms with Crippen molar-refractivity contribution in [1.82, 2.24) is 0 Å². The largest absolute Gasteiger partial charge is 0.457 e. The molecule has 2 heterocycles. The highest BCUT2D eigenvalue weighted by Crippen LogP contribution is 2.56. The highest BCUT2D eigenvalue weighted by Gasteiger charge is 2.45. The molecule has 51 heavy (non-hydrogen) atoms. The number of ether oxygens (including phenoxy) is 1. The summed E-state index contributed by atoms with van der Waals surface area (Å²) in [5, 5.41) is 2.62. The third-order valence-corrected chi connectivity index (χ3v) is 11.7. The van der Waals surface area contributed by atoms with Gasteiger partial charge in [-0.05, 0) is 57.1 Å². The van der Waals surface area contributed by atoms with Crippen molar-refractivity contribution in [3.8, 4) is 44.9 Å². The Hall–Kier alpha value is -6.22. The molecule has 0 spiro atoms. The molecule has 0 atom stereocenters. The molecule has 10 rings (SSSR count). The third kappa shape index (κ3) is 4.61. The highest BCUT2D eigenvalue weighted by molar-refractivity contribution is 7.26. The van der Waals surface area contributed by atoms with Gasteiger partial charge in [-0.15, -0.1) is 11.3 Å². The molecule has 0 bridgehead atoms. The number of hydrogen-bond donors (Lipinski definition) is 0. The zero-order chi connectivity index (χ0) is 33.8. The van der Waals surface area contributed by atoms with E-state index in [-0.39, 0.29) is 0 Å². The van der Waals surface area contributed by atoms with Gasteiger partial charge in [-0.25, -0.2) is 0 Å². The second kappa shape index (κ2) is 12.0. The van der Waals surface area contributed by atoms with Gasteiger partial charge in [0.05, 0.1) is 5.41 Å². The molecule has 0 amide bonds. The van der Waals surface area contributed by atoms with Crippen LogP contribution in [0, 0.1) is 0 Å². The number of benzene rings is 8. The first-order chi connectivity index (χ1) is 25.3. The van der Waals surface area contributed by atoms with Crippen molar-refractivity contribution in [2.45, 2.75) is 5.41 Å². The van der Waals surface area contributed by atoms with E-state index in [4.69, 9.17) is 4.74 Å². The molecule has 1 aliphatic rings. The molecule has 2 heteroatoms. The van der Waals surface area contributed by atoms with Gasteiger partial charge in [-0.2, -0.15) is 0 Å². The number of hydrogen-bond acceptors (Lipinski definition) is 2. The average Bonchev–Trinajstić information content (AvgIpc) is 3.59. The Labute approximate surface area is 301 Å². The Balaban J connectivity index is 1.17. The van der Waals surface area contributed by atoms with Gasteiger partial charge in [-0.1, -0.05) is 176 Å². The van der Waals surface area contributed by atoms with Crippen molar-refractivity contribution < 1.29 is 4.74 Å². The summed E-state index contributed by atoms with van der Waals surface area (Å²) in [4.78, 5) is 0. The van der Waals surface area contributed by atoms with Crippen LogP contribution in [0.25, 0.3) is 53.6 Å². The van der Waals surface area contributed by atoms with Gasteiger partial charge in [-0.3, -0.25) is 0 Å². The number of para-hydroxylation sites is 1. The number of thiophene rings is 1. The second-order valence-corrected chi connectivity index (χ2v) is 14.2. The van der Waals surface area contributed by atoms with Crippen LogP contribution in [0.5, 0.6) is 11.5 Å². The first-order valence-corrected chi connectivity index (χ1v) is 18.2. The van der Waals surface area contributed by atoms with E-state index in [9.17, 15) is 0 Å². The fourth-order valence-electron chi connectivity index (χ4n) is 8.26. The maximum Gasteiger partial charge on any atom is 0.132 e. The van der Waals surface area contributed by atoms with E-state index < -0.39 is 5.41 Å². The SMILES string of the molecule is c1ccc(C2(c3ccccc3)c3ccccc3Oc3cc(-c4ccccc4-c4ccccc4-c4cccc5c4sc4ccccc45)ccc32)cc1. The van der Waals surface area contributed by atoms with Crippen LogP contribution < -0.4 is 4.74 Å². The van der Waals surface area contributed by atoms with Gasteiger partial charge < -0.3 is 4.74 Å². The van der Waals surface area contributed by atoms with Crippen molar-refractivity contribution in [1.29, 1.82) is 0 Å². The summed E-state index contributed by atoms with van der Waals surface area (Å²) in [6, 6.07) is 70.1. The minimum absolute atomic E-state index is 0.541. The van der Waals surface area contributed by atoms with Gasteiger partial charge in [0.25, 0.3) is 0 Å². The first kappa shape index (κ1) is 29.7. The van der Waals surface area contributed by atoms with E-state index in [1.807, 2.05) is 11.3 Å². The van der Waals surface area contributed by atoms with E-state index in [2.05, 4.69) is 194 Å². The van der Waals surface area contributed by atoms with E-state index >= 15 is 0 Å².